The van der Waals surface area contributed by atoms with E-state index < -0.39 is 5.54 Å². The molecule has 1 N–H and O–H groups in total. The van der Waals surface area contributed by atoms with Gasteiger partial charge in [-0.2, -0.15) is 11.8 Å². The molecule has 1 fully saturated rings. The van der Waals surface area contributed by atoms with Crippen molar-refractivity contribution in [2.75, 3.05) is 12.9 Å². The van der Waals surface area contributed by atoms with Gasteiger partial charge in [0, 0.05) is 11.8 Å². The largest absolute Gasteiger partial charge is 0.468 e. The van der Waals surface area contributed by atoms with Crippen molar-refractivity contribution in [3.63, 3.8) is 0 Å². The number of hydrogen-bond acceptors (Lipinski definition) is 5. The molecule has 18 heavy (non-hydrogen) atoms. The number of methoxy groups -OCH3 is 1. The Kier molecular flexibility index (Phi) is 4.35. The van der Waals surface area contributed by atoms with Crippen LogP contribution in [0.2, 0.25) is 0 Å². The maximum atomic E-state index is 11.9. The van der Waals surface area contributed by atoms with E-state index in [1.165, 1.54) is 7.11 Å². The zero-order valence-electron chi connectivity index (χ0n) is 10.8. The highest BCUT2D eigenvalue weighted by Gasteiger charge is 2.39. The van der Waals surface area contributed by atoms with E-state index in [1.807, 2.05) is 19.1 Å². The highest BCUT2D eigenvalue weighted by atomic mass is 32.2. The van der Waals surface area contributed by atoms with Crippen molar-refractivity contribution in [2.45, 2.75) is 37.1 Å². The normalized spacial score (nSPS) is 18.3. The summed E-state index contributed by atoms with van der Waals surface area (Å²) in [7, 11) is 1.44. The van der Waals surface area contributed by atoms with E-state index in [0.717, 1.165) is 24.4 Å². The summed E-state index contributed by atoms with van der Waals surface area (Å²) in [5.74, 6) is 2.18. The molecule has 0 aliphatic heterocycles. The summed E-state index contributed by atoms with van der Waals surface area (Å²) in [4.78, 5) is 11.9. The molecular weight excluding hydrogens is 250 g/mol. The van der Waals surface area contributed by atoms with Crippen molar-refractivity contribution in [1.29, 1.82) is 0 Å². The number of furan rings is 1. The lowest BCUT2D eigenvalue weighted by atomic mass is 10.1. The number of esters is 1. The van der Waals surface area contributed by atoms with Crippen molar-refractivity contribution < 1.29 is 13.9 Å². The third-order valence-electron chi connectivity index (χ3n) is 2.95. The molecule has 1 aromatic rings. The maximum absolute atomic E-state index is 11.9. The molecule has 0 amide bonds. The fourth-order valence-electron chi connectivity index (χ4n) is 1.81. The van der Waals surface area contributed by atoms with Gasteiger partial charge in [0.2, 0.25) is 0 Å². The SMILES string of the molecule is COC(=O)C(C)(CSCc1ccco1)NC1CC1. The van der Waals surface area contributed by atoms with Crippen LogP contribution in [0.4, 0.5) is 0 Å². The third-order valence-corrected chi connectivity index (χ3v) is 4.22. The Morgan fingerprint density at radius 2 is 2.44 bits per heavy atom. The number of carbonyl (C=O) groups excluding carboxylic acids is 1. The summed E-state index contributed by atoms with van der Waals surface area (Å²) in [6.07, 6.45) is 3.96. The van der Waals surface area contributed by atoms with Crippen LogP contribution in [0.25, 0.3) is 0 Å². The minimum Gasteiger partial charge on any atom is -0.468 e. The quantitative estimate of drug-likeness (QED) is 0.769. The Morgan fingerprint density at radius 1 is 1.67 bits per heavy atom. The summed E-state index contributed by atoms with van der Waals surface area (Å²) < 4.78 is 10.2. The average molecular weight is 269 g/mol. The topological polar surface area (TPSA) is 51.5 Å². The van der Waals surface area contributed by atoms with Crippen molar-refractivity contribution in [2.24, 2.45) is 0 Å². The molecule has 1 heterocycles. The fourth-order valence-corrected chi connectivity index (χ4v) is 2.89. The Labute approximate surface area is 111 Å². The molecule has 1 unspecified atom stereocenters. The van der Waals surface area contributed by atoms with Crippen LogP contribution in [-0.4, -0.2) is 30.4 Å². The molecule has 0 spiro atoms. The van der Waals surface area contributed by atoms with Crippen LogP contribution in [0, 0.1) is 0 Å². The van der Waals surface area contributed by atoms with E-state index in [-0.39, 0.29) is 5.97 Å². The molecule has 2 rings (SSSR count). The first-order chi connectivity index (χ1) is 8.64. The van der Waals surface area contributed by atoms with Gasteiger partial charge in [-0.1, -0.05) is 0 Å². The van der Waals surface area contributed by atoms with Crippen LogP contribution < -0.4 is 5.32 Å². The summed E-state index contributed by atoms with van der Waals surface area (Å²) in [5.41, 5.74) is -0.604. The lowest BCUT2D eigenvalue weighted by molar-refractivity contribution is -0.147. The predicted octanol–water partition coefficient (Wildman–Crippen LogP) is 2.20. The highest BCUT2D eigenvalue weighted by molar-refractivity contribution is 7.98. The standard InChI is InChI=1S/C13H19NO3S/c1-13(12(15)16-2,14-10-5-6-10)9-18-8-11-4-3-7-17-11/h3-4,7,10,14H,5-6,8-9H2,1-2H3. The molecule has 1 aliphatic carbocycles. The Hall–Kier alpha value is -0.940. The van der Waals surface area contributed by atoms with Crippen molar-refractivity contribution >= 4 is 17.7 Å². The second-order valence-corrected chi connectivity index (χ2v) is 5.80. The van der Waals surface area contributed by atoms with Gasteiger partial charge in [0.1, 0.15) is 11.3 Å². The first-order valence-corrected chi connectivity index (χ1v) is 7.26. The van der Waals surface area contributed by atoms with Crippen molar-refractivity contribution in [1.82, 2.24) is 5.32 Å². The first kappa shape index (κ1) is 13.5. The van der Waals surface area contributed by atoms with Gasteiger partial charge in [-0.25, -0.2) is 0 Å². The molecular formula is C13H19NO3S. The number of ether oxygens (including phenoxy) is 1. The van der Waals surface area contributed by atoms with Crippen LogP contribution in [0.3, 0.4) is 0 Å². The summed E-state index contributed by atoms with van der Waals surface area (Å²) >= 11 is 1.67. The van der Waals surface area contributed by atoms with Gasteiger partial charge in [0.25, 0.3) is 0 Å². The molecule has 1 aliphatic rings. The molecule has 1 atom stereocenters. The van der Waals surface area contributed by atoms with Gasteiger partial charge in [-0.15, -0.1) is 0 Å². The number of carbonyl (C=O) groups is 1. The maximum Gasteiger partial charge on any atom is 0.326 e. The van der Waals surface area contributed by atoms with E-state index in [1.54, 1.807) is 18.0 Å². The van der Waals surface area contributed by atoms with Crippen molar-refractivity contribution in [3.05, 3.63) is 24.2 Å². The van der Waals surface area contributed by atoms with Crippen LogP contribution >= 0.6 is 11.8 Å². The summed E-state index contributed by atoms with van der Waals surface area (Å²) in [6.45, 7) is 1.91. The Morgan fingerprint density at radius 3 is 3.00 bits per heavy atom. The zero-order valence-corrected chi connectivity index (χ0v) is 11.6. The number of rotatable bonds is 7. The van der Waals surface area contributed by atoms with Crippen molar-refractivity contribution in [3.8, 4) is 0 Å². The zero-order chi connectivity index (χ0) is 13.0. The van der Waals surface area contributed by atoms with Gasteiger partial charge < -0.3 is 9.15 Å². The van der Waals surface area contributed by atoms with Crippen LogP contribution in [-0.2, 0) is 15.3 Å². The molecule has 5 heteroatoms. The van der Waals surface area contributed by atoms with E-state index in [4.69, 9.17) is 9.15 Å². The Balaban J connectivity index is 1.85. The smallest absolute Gasteiger partial charge is 0.326 e. The molecule has 0 aromatic carbocycles. The number of nitrogens with one attached hydrogen (secondary N) is 1. The molecule has 1 saturated carbocycles. The van der Waals surface area contributed by atoms with Gasteiger partial charge in [-0.3, -0.25) is 10.1 Å². The molecule has 0 radical (unpaired) electrons. The van der Waals surface area contributed by atoms with Crippen LogP contribution in [0.5, 0.6) is 0 Å². The second kappa shape index (κ2) is 5.80. The monoisotopic (exact) mass is 269 g/mol. The van der Waals surface area contributed by atoms with E-state index >= 15 is 0 Å². The van der Waals surface area contributed by atoms with E-state index in [2.05, 4.69) is 5.32 Å². The molecule has 0 saturated heterocycles. The van der Waals surface area contributed by atoms with Gasteiger partial charge in [-0.05, 0) is 31.9 Å². The van der Waals surface area contributed by atoms with Gasteiger partial charge >= 0.3 is 5.97 Å². The van der Waals surface area contributed by atoms with Crippen LogP contribution in [0.15, 0.2) is 22.8 Å². The minimum absolute atomic E-state index is 0.193. The summed E-state index contributed by atoms with van der Waals surface area (Å²) in [6, 6.07) is 4.28. The van der Waals surface area contributed by atoms with E-state index in [9.17, 15) is 4.79 Å². The lowest BCUT2D eigenvalue weighted by Crippen LogP contribution is -2.53. The van der Waals surface area contributed by atoms with Gasteiger partial charge in [0.05, 0.1) is 19.1 Å². The first-order valence-electron chi connectivity index (χ1n) is 6.10. The Bertz CT molecular complexity index is 389. The predicted molar refractivity (Wildman–Crippen MR) is 71.4 cm³/mol. The second-order valence-electron chi connectivity index (χ2n) is 4.81. The third kappa shape index (κ3) is 3.53. The molecule has 4 nitrogen and oxygen atoms in total. The lowest BCUT2D eigenvalue weighted by Gasteiger charge is -2.27. The molecule has 1 aromatic heterocycles. The van der Waals surface area contributed by atoms with E-state index in [0.29, 0.717) is 11.8 Å². The average Bonchev–Trinajstić information content (AvgIpc) is 3.01. The number of hydrogen-bond donors (Lipinski definition) is 1. The number of thioether (sulfide) groups is 1. The molecule has 100 valence electrons. The molecule has 0 bridgehead atoms. The highest BCUT2D eigenvalue weighted by Crippen LogP contribution is 2.26. The fraction of sp³-hybridized carbons (Fsp3) is 0.615. The van der Waals surface area contributed by atoms with Crippen LogP contribution in [0.1, 0.15) is 25.5 Å². The minimum atomic E-state index is -0.604. The summed E-state index contributed by atoms with van der Waals surface area (Å²) in [5, 5.41) is 3.37. The van der Waals surface area contributed by atoms with Gasteiger partial charge in [0.15, 0.2) is 0 Å².